The number of aryl methyl sites for hydroxylation is 1. The number of rotatable bonds is 6. The molecule has 4 N–H and O–H groups in total. The van der Waals surface area contributed by atoms with Gasteiger partial charge in [0.05, 0.1) is 5.69 Å². The Bertz CT molecular complexity index is 981. The van der Waals surface area contributed by atoms with E-state index in [-0.39, 0.29) is 35.4 Å². The van der Waals surface area contributed by atoms with E-state index in [0.29, 0.717) is 31.6 Å². The molecule has 1 aromatic rings. The number of amides is 2. The topological polar surface area (TPSA) is 113 Å². The molecule has 0 saturated heterocycles. The molecule has 0 aliphatic heterocycles. The number of nitrogens with zero attached hydrogens (tertiary/aromatic N) is 1. The minimum Gasteiger partial charge on any atom is -0.369 e. The number of benzene rings is 1. The quantitative estimate of drug-likeness (QED) is 0.563. The van der Waals surface area contributed by atoms with Crippen LogP contribution in [-0.2, 0) is 20.9 Å². The molecule has 5 aliphatic rings. The third kappa shape index (κ3) is 3.19. The highest BCUT2D eigenvalue weighted by Crippen LogP contribution is 2.60. The van der Waals surface area contributed by atoms with Crippen molar-refractivity contribution >= 4 is 28.8 Å². The van der Waals surface area contributed by atoms with Gasteiger partial charge in [-0.15, -0.1) is 0 Å². The lowest BCUT2D eigenvalue weighted by Crippen LogP contribution is -2.68. The molecule has 5 fully saturated rings. The van der Waals surface area contributed by atoms with Gasteiger partial charge in [0.1, 0.15) is 11.4 Å². The summed E-state index contributed by atoms with van der Waals surface area (Å²) in [6.07, 6.45) is 5.65. The highest BCUT2D eigenvalue weighted by atomic mass is 32.2. The summed E-state index contributed by atoms with van der Waals surface area (Å²) in [5, 5.41) is 3.20. The summed E-state index contributed by atoms with van der Waals surface area (Å²) in [7, 11) is 0. The maximum absolute atomic E-state index is 14.7. The van der Waals surface area contributed by atoms with Gasteiger partial charge in [-0.1, -0.05) is 6.07 Å². The minimum absolute atomic E-state index is 0.0292. The second-order valence-electron chi connectivity index (χ2n) is 10.5. The summed E-state index contributed by atoms with van der Waals surface area (Å²) in [5.74, 6) is -0.354. The SMILES string of the molecule is Cc1ccc(F)c(N(S(=O)O)C2(C(=O)NC3C4CC5CC3CC(C(N)=O)(C5)C4)CCC2)c1. The van der Waals surface area contributed by atoms with Gasteiger partial charge < -0.3 is 11.1 Å². The van der Waals surface area contributed by atoms with E-state index in [1.165, 1.54) is 12.1 Å². The number of nitrogens with two attached hydrogens (primary N) is 1. The molecule has 2 amide bonds. The van der Waals surface area contributed by atoms with Crippen molar-refractivity contribution in [2.75, 3.05) is 4.31 Å². The van der Waals surface area contributed by atoms with Crippen LogP contribution in [0.15, 0.2) is 18.2 Å². The van der Waals surface area contributed by atoms with Gasteiger partial charge in [-0.3, -0.25) is 18.4 Å². The fourth-order valence-corrected chi connectivity index (χ4v) is 8.00. The van der Waals surface area contributed by atoms with Crippen molar-refractivity contribution in [1.82, 2.24) is 5.32 Å². The molecule has 7 nitrogen and oxygen atoms in total. The molecule has 1 aromatic carbocycles. The van der Waals surface area contributed by atoms with Crippen molar-refractivity contribution in [1.29, 1.82) is 0 Å². The zero-order valence-electron chi connectivity index (χ0n) is 18.2. The molecular formula is C23H30FN3O4S. The highest BCUT2D eigenvalue weighted by molar-refractivity contribution is 7.80. The lowest BCUT2D eigenvalue weighted by atomic mass is 9.47. The first-order valence-corrected chi connectivity index (χ1v) is 12.5. The summed E-state index contributed by atoms with van der Waals surface area (Å²) >= 11 is -2.56. The first-order chi connectivity index (χ1) is 15.1. The van der Waals surface area contributed by atoms with Gasteiger partial charge in [0.15, 0.2) is 0 Å². The molecule has 3 atom stereocenters. The van der Waals surface area contributed by atoms with E-state index >= 15 is 0 Å². The van der Waals surface area contributed by atoms with Gasteiger partial charge in [0.25, 0.3) is 11.3 Å². The standard InChI is InChI=1S/C23H30FN3O4S/c1-13-3-4-17(24)18(7-13)27(32(30)31)23(5-2-6-23)21(29)26-19-15-8-14-9-16(19)12-22(10-14,11-15)20(25)28/h3-4,7,14-16,19H,2,5-6,8-12H2,1H3,(H2,25,28)(H,26,29)(H,30,31). The van der Waals surface area contributed by atoms with E-state index in [1.807, 2.05) is 0 Å². The van der Waals surface area contributed by atoms with Crippen molar-refractivity contribution < 1.29 is 22.7 Å². The van der Waals surface area contributed by atoms with Crippen LogP contribution in [0.1, 0.15) is 56.9 Å². The number of hydrogen-bond donors (Lipinski definition) is 3. The molecule has 0 spiro atoms. The molecule has 174 valence electrons. The first-order valence-electron chi connectivity index (χ1n) is 11.4. The predicted octanol–water partition coefficient (Wildman–Crippen LogP) is 2.80. The molecule has 9 heteroatoms. The first kappa shape index (κ1) is 21.8. The monoisotopic (exact) mass is 463 g/mol. The lowest BCUT2D eigenvalue weighted by Gasteiger charge is -2.59. The van der Waals surface area contributed by atoms with Gasteiger partial charge >= 0.3 is 0 Å². The number of primary amides is 1. The van der Waals surface area contributed by atoms with Crippen molar-refractivity contribution in [3.8, 4) is 0 Å². The number of anilines is 1. The van der Waals surface area contributed by atoms with Crippen LogP contribution >= 0.6 is 0 Å². The van der Waals surface area contributed by atoms with Crippen LogP contribution in [0.25, 0.3) is 0 Å². The smallest absolute Gasteiger partial charge is 0.262 e. The molecule has 5 saturated carbocycles. The highest BCUT2D eigenvalue weighted by Gasteiger charge is 2.60. The summed E-state index contributed by atoms with van der Waals surface area (Å²) < 4.78 is 38.3. The average Bonchev–Trinajstić information content (AvgIpc) is 2.68. The van der Waals surface area contributed by atoms with E-state index < -0.39 is 28.0 Å². The van der Waals surface area contributed by atoms with Crippen LogP contribution in [0.5, 0.6) is 0 Å². The zero-order valence-corrected chi connectivity index (χ0v) is 19.0. The second-order valence-corrected chi connectivity index (χ2v) is 11.3. The largest absolute Gasteiger partial charge is 0.369 e. The summed E-state index contributed by atoms with van der Waals surface area (Å²) in [6.45, 7) is 1.78. The molecule has 5 aliphatic carbocycles. The maximum Gasteiger partial charge on any atom is 0.262 e. The number of carbonyl (C=O) groups is 2. The Balaban J connectivity index is 1.42. The molecule has 32 heavy (non-hydrogen) atoms. The third-order valence-corrected chi connectivity index (χ3v) is 9.42. The summed E-state index contributed by atoms with van der Waals surface area (Å²) in [6, 6.07) is 4.28. The molecule has 4 bridgehead atoms. The summed E-state index contributed by atoms with van der Waals surface area (Å²) in [4.78, 5) is 25.9. The van der Waals surface area contributed by atoms with Crippen molar-refractivity contribution in [2.24, 2.45) is 28.9 Å². The number of hydrogen-bond acceptors (Lipinski definition) is 3. The lowest BCUT2D eigenvalue weighted by molar-refractivity contribution is -0.148. The van der Waals surface area contributed by atoms with Crippen molar-refractivity contribution in [3.63, 3.8) is 0 Å². The predicted molar refractivity (Wildman–Crippen MR) is 118 cm³/mol. The number of halogens is 1. The third-order valence-electron chi connectivity index (χ3n) is 8.56. The van der Waals surface area contributed by atoms with E-state index in [2.05, 4.69) is 5.32 Å². The van der Waals surface area contributed by atoms with Crippen LogP contribution in [-0.4, -0.2) is 32.2 Å². The van der Waals surface area contributed by atoms with Crippen molar-refractivity contribution in [3.05, 3.63) is 29.6 Å². The Kier molecular flexibility index (Phi) is 5.13. The van der Waals surface area contributed by atoms with E-state index in [4.69, 9.17) is 5.73 Å². The van der Waals surface area contributed by atoms with Gasteiger partial charge in [0.2, 0.25) is 11.8 Å². The van der Waals surface area contributed by atoms with E-state index in [9.17, 15) is 22.7 Å². The molecule has 3 unspecified atom stereocenters. The van der Waals surface area contributed by atoms with E-state index in [1.54, 1.807) is 13.0 Å². The molecular weight excluding hydrogens is 433 g/mol. The van der Waals surface area contributed by atoms with Gasteiger partial charge in [-0.05, 0) is 93.7 Å². The van der Waals surface area contributed by atoms with Crippen LogP contribution < -0.4 is 15.4 Å². The second kappa shape index (κ2) is 7.52. The fourth-order valence-electron chi connectivity index (χ4n) is 7.12. The van der Waals surface area contributed by atoms with Gasteiger partial charge in [-0.25, -0.2) is 8.60 Å². The van der Waals surface area contributed by atoms with Crippen LogP contribution in [0.3, 0.4) is 0 Å². The molecule has 0 heterocycles. The van der Waals surface area contributed by atoms with Gasteiger partial charge in [0, 0.05) is 11.5 Å². The Hall–Kier alpha value is -2.00. The normalized spacial score (nSPS) is 35.1. The maximum atomic E-state index is 14.7. The number of nitrogens with one attached hydrogen (secondary N) is 1. The Labute approximate surface area is 189 Å². The van der Waals surface area contributed by atoms with Crippen LogP contribution in [0.2, 0.25) is 0 Å². The van der Waals surface area contributed by atoms with Crippen molar-refractivity contribution in [2.45, 2.75) is 69.9 Å². The average molecular weight is 464 g/mol. The molecule has 0 aromatic heterocycles. The molecule has 0 radical (unpaired) electrons. The molecule has 6 rings (SSSR count). The number of carbonyl (C=O) groups excluding carboxylic acids is 2. The minimum atomic E-state index is -2.56. The zero-order chi connectivity index (χ0) is 22.8. The van der Waals surface area contributed by atoms with Crippen LogP contribution in [0.4, 0.5) is 10.1 Å². The Morgan fingerprint density at radius 2 is 1.88 bits per heavy atom. The van der Waals surface area contributed by atoms with Gasteiger partial charge in [-0.2, -0.15) is 0 Å². The fraction of sp³-hybridized carbons (Fsp3) is 0.652. The van der Waals surface area contributed by atoms with E-state index in [0.717, 1.165) is 35.6 Å². The Morgan fingerprint density at radius 1 is 1.22 bits per heavy atom. The summed E-state index contributed by atoms with van der Waals surface area (Å²) in [5.41, 5.74) is 4.77. The van der Waals surface area contributed by atoms with Crippen LogP contribution in [0, 0.1) is 35.9 Å². The Morgan fingerprint density at radius 3 is 2.41 bits per heavy atom.